The molecule has 2 N–H and O–H groups in total. The SMILES string of the molecule is CC#CCn1c(N2CCNCC2)nc2nc(OC(CC)C(=O)OCC)n(C)c(=O)c21.O=C(O)C(F)(F)F. The third kappa shape index (κ3) is 7.35. The quantitative estimate of drug-likeness (QED) is 0.392. The van der Waals surface area contributed by atoms with Crippen molar-refractivity contribution in [1.82, 2.24) is 24.4 Å². The van der Waals surface area contributed by atoms with Crippen LogP contribution in [0, 0.1) is 11.8 Å². The molecule has 12 nitrogen and oxygen atoms in total. The van der Waals surface area contributed by atoms with Crippen molar-refractivity contribution in [1.29, 1.82) is 0 Å². The number of carboxylic acid groups (broad SMARTS) is 1. The fourth-order valence-corrected chi connectivity index (χ4v) is 3.31. The summed E-state index contributed by atoms with van der Waals surface area (Å²) in [6.07, 6.45) is -5.54. The number of anilines is 1. The minimum Gasteiger partial charge on any atom is -0.475 e. The molecule has 3 heterocycles. The first-order chi connectivity index (χ1) is 17.5. The highest BCUT2D eigenvalue weighted by molar-refractivity contribution is 5.76. The maximum atomic E-state index is 13.2. The number of carbonyl (C=O) groups excluding carboxylic acids is 1. The van der Waals surface area contributed by atoms with Crippen LogP contribution < -0.4 is 20.5 Å². The molecule has 0 amide bonds. The van der Waals surface area contributed by atoms with E-state index in [0.29, 0.717) is 24.4 Å². The summed E-state index contributed by atoms with van der Waals surface area (Å²) in [6, 6.07) is 0.0329. The number of carbonyl (C=O) groups is 2. The zero-order valence-corrected chi connectivity index (χ0v) is 20.9. The summed E-state index contributed by atoms with van der Waals surface area (Å²) in [7, 11) is 1.56. The third-order valence-corrected chi connectivity index (χ3v) is 5.15. The lowest BCUT2D eigenvalue weighted by Crippen LogP contribution is -2.44. The first-order valence-corrected chi connectivity index (χ1v) is 11.4. The Hall–Kier alpha value is -3.80. The Kier molecular flexibility index (Phi) is 10.3. The number of imidazole rings is 1. The molecule has 3 rings (SSSR count). The standard InChI is InChI=1S/C20H28N6O4.C2HF3O2/c1-5-8-11-26-15-16(22-19(26)25-12-9-21-10-13-25)23-20(24(4)17(15)27)30-14(6-2)18(28)29-7-3;3-2(4,5)1(6)7/h14,21H,6-7,9-13H2,1-4H3;(H,6,7). The highest BCUT2D eigenvalue weighted by Gasteiger charge is 2.38. The van der Waals surface area contributed by atoms with Gasteiger partial charge in [0.05, 0.1) is 13.2 Å². The Labute approximate surface area is 210 Å². The number of nitrogens with one attached hydrogen (secondary N) is 1. The van der Waals surface area contributed by atoms with Crippen LogP contribution in [-0.2, 0) is 27.9 Å². The second-order valence-electron chi connectivity index (χ2n) is 7.66. The molecule has 0 aromatic carbocycles. The molecule has 0 bridgehead atoms. The Balaban J connectivity index is 0.000000604. The van der Waals surface area contributed by atoms with Crippen LogP contribution in [0.25, 0.3) is 11.2 Å². The van der Waals surface area contributed by atoms with Crippen molar-refractivity contribution in [2.75, 3.05) is 37.7 Å². The highest BCUT2D eigenvalue weighted by atomic mass is 19.4. The number of carboxylic acids is 1. The molecule has 37 heavy (non-hydrogen) atoms. The monoisotopic (exact) mass is 530 g/mol. The van der Waals surface area contributed by atoms with E-state index in [4.69, 9.17) is 19.4 Å². The van der Waals surface area contributed by atoms with Crippen LogP contribution in [0.15, 0.2) is 4.79 Å². The lowest BCUT2D eigenvalue weighted by molar-refractivity contribution is -0.192. The summed E-state index contributed by atoms with van der Waals surface area (Å²) < 4.78 is 45.6. The summed E-state index contributed by atoms with van der Waals surface area (Å²) >= 11 is 0. The maximum Gasteiger partial charge on any atom is 0.490 e. The first kappa shape index (κ1) is 29.4. The molecule has 1 saturated heterocycles. The number of hydrogen-bond acceptors (Lipinski definition) is 9. The molecular formula is C22H29F3N6O6. The number of piperazine rings is 1. The summed E-state index contributed by atoms with van der Waals surface area (Å²) in [6.45, 7) is 9.09. The number of nitrogens with zero attached hydrogens (tertiary/aromatic N) is 5. The van der Waals surface area contributed by atoms with E-state index in [1.807, 2.05) is 0 Å². The van der Waals surface area contributed by atoms with Gasteiger partial charge in [-0.1, -0.05) is 12.8 Å². The van der Waals surface area contributed by atoms with Crippen LogP contribution >= 0.6 is 0 Å². The molecule has 1 aliphatic rings. The number of hydrogen-bond donors (Lipinski definition) is 2. The highest BCUT2D eigenvalue weighted by Crippen LogP contribution is 2.22. The van der Waals surface area contributed by atoms with E-state index in [1.54, 1.807) is 32.4 Å². The van der Waals surface area contributed by atoms with Crippen LogP contribution in [-0.4, -0.2) is 81.2 Å². The van der Waals surface area contributed by atoms with E-state index in [0.717, 1.165) is 26.2 Å². The Morgan fingerprint density at radius 3 is 2.35 bits per heavy atom. The van der Waals surface area contributed by atoms with Crippen LogP contribution in [0.4, 0.5) is 19.1 Å². The van der Waals surface area contributed by atoms with Gasteiger partial charge in [0, 0.05) is 33.2 Å². The first-order valence-electron chi connectivity index (χ1n) is 11.4. The number of ether oxygens (including phenoxy) is 2. The van der Waals surface area contributed by atoms with Crippen LogP contribution in [0.5, 0.6) is 6.01 Å². The van der Waals surface area contributed by atoms with Gasteiger partial charge in [0.2, 0.25) is 5.95 Å². The Bertz CT molecular complexity index is 1220. The number of aromatic nitrogens is 4. The summed E-state index contributed by atoms with van der Waals surface area (Å²) in [5, 5.41) is 10.4. The molecule has 2 aromatic rings. The van der Waals surface area contributed by atoms with Crippen LogP contribution in [0.2, 0.25) is 0 Å². The Morgan fingerprint density at radius 1 is 1.22 bits per heavy atom. The number of esters is 1. The van der Waals surface area contributed by atoms with Crippen molar-refractivity contribution in [3.63, 3.8) is 0 Å². The predicted octanol–water partition coefficient (Wildman–Crippen LogP) is 0.917. The summed E-state index contributed by atoms with van der Waals surface area (Å²) in [5.41, 5.74) is 0.337. The van der Waals surface area contributed by atoms with Gasteiger partial charge >= 0.3 is 24.1 Å². The third-order valence-electron chi connectivity index (χ3n) is 5.15. The lowest BCUT2D eigenvalue weighted by Gasteiger charge is -2.28. The van der Waals surface area contributed by atoms with Gasteiger partial charge in [-0.25, -0.2) is 9.59 Å². The zero-order valence-electron chi connectivity index (χ0n) is 20.9. The lowest BCUT2D eigenvalue weighted by atomic mass is 10.3. The fraction of sp³-hybridized carbons (Fsp3) is 0.591. The van der Waals surface area contributed by atoms with Crippen LogP contribution in [0.1, 0.15) is 27.2 Å². The molecule has 1 unspecified atom stereocenters. The number of halogens is 3. The van der Waals surface area contributed by atoms with Gasteiger partial charge in [-0.3, -0.25) is 13.9 Å². The van der Waals surface area contributed by atoms with Gasteiger partial charge in [-0.05, 0) is 20.3 Å². The smallest absolute Gasteiger partial charge is 0.475 e. The molecule has 2 aromatic heterocycles. The zero-order chi connectivity index (χ0) is 27.8. The summed E-state index contributed by atoms with van der Waals surface area (Å²) in [4.78, 5) is 45.4. The molecule has 1 fully saturated rings. The number of fused-ring (bicyclic) bond motifs is 1. The molecule has 204 valence electrons. The van der Waals surface area contributed by atoms with Crippen molar-refractivity contribution < 1.29 is 37.3 Å². The number of aliphatic carboxylic acids is 1. The Morgan fingerprint density at radius 2 is 1.84 bits per heavy atom. The van der Waals surface area contributed by atoms with Gasteiger partial charge in [-0.2, -0.15) is 23.1 Å². The second-order valence-corrected chi connectivity index (χ2v) is 7.66. The van der Waals surface area contributed by atoms with Crippen molar-refractivity contribution in [3.05, 3.63) is 10.4 Å². The van der Waals surface area contributed by atoms with E-state index in [-0.39, 0.29) is 23.8 Å². The van der Waals surface area contributed by atoms with Gasteiger partial charge in [0.25, 0.3) is 5.56 Å². The van der Waals surface area contributed by atoms with Crippen molar-refractivity contribution in [2.45, 2.75) is 46.0 Å². The van der Waals surface area contributed by atoms with Crippen molar-refractivity contribution in [3.8, 4) is 17.9 Å². The van der Waals surface area contributed by atoms with E-state index >= 15 is 0 Å². The van der Waals surface area contributed by atoms with Crippen molar-refractivity contribution >= 4 is 29.1 Å². The predicted molar refractivity (Wildman–Crippen MR) is 126 cm³/mol. The molecule has 0 spiro atoms. The topological polar surface area (TPSA) is 141 Å². The number of alkyl halides is 3. The van der Waals surface area contributed by atoms with E-state index in [9.17, 15) is 22.8 Å². The molecule has 0 saturated carbocycles. The average molecular weight is 531 g/mol. The van der Waals surface area contributed by atoms with Gasteiger partial charge in [0.15, 0.2) is 17.3 Å². The second kappa shape index (κ2) is 12.9. The van der Waals surface area contributed by atoms with Gasteiger partial charge in [-0.15, -0.1) is 5.92 Å². The largest absolute Gasteiger partial charge is 0.490 e. The molecular weight excluding hydrogens is 501 g/mol. The minimum absolute atomic E-state index is 0.0329. The van der Waals surface area contributed by atoms with Gasteiger partial charge < -0.3 is 24.8 Å². The summed E-state index contributed by atoms with van der Waals surface area (Å²) in [5.74, 6) is 3.30. The fourth-order valence-electron chi connectivity index (χ4n) is 3.31. The number of rotatable bonds is 7. The van der Waals surface area contributed by atoms with Crippen molar-refractivity contribution in [2.24, 2.45) is 7.05 Å². The van der Waals surface area contributed by atoms with E-state index in [2.05, 4.69) is 32.0 Å². The maximum absolute atomic E-state index is 13.2. The van der Waals surface area contributed by atoms with E-state index in [1.165, 1.54) is 4.57 Å². The normalized spacial score (nSPS) is 14.2. The van der Waals surface area contributed by atoms with E-state index < -0.39 is 24.2 Å². The minimum atomic E-state index is -5.08. The molecule has 1 atom stereocenters. The average Bonchev–Trinajstić information content (AvgIpc) is 3.22. The van der Waals surface area contributed by atoms with Gasteiger partial charge in [0.1, 0.15) is 0 Å². The molecule has 1 aliphatic heterocycles. The molecule has 0 aliphatic carbocycles. The van der Waals surface area contributed by atoms with Crippen LogP contribution in [0.3, 0.4) is 0 Å². The molecule has 15 heteroatoms. The molecule has 0 radical (unpaired) electrons.